The third kappa shape index (κ3) is 2.73. The van der Waals surface area contributed by atoms with E-state index in [0.29, 0.717) is 18.4 Å². The summed E-state index contributed by atoms with van der Waals surface area (Å²) in [6.45, 7) is 4.08. The van der Waals surface area contributed by atoms with Crippen LogP contribution in [0.15, 0.2) is 0 Å². The van der Waals surface area contributed by atoms with Crippen LogP contribution in [0.4, 0.5) is 0 Å². The van der Waals surface area contributed by atoms with Crippen LogP contribution in [0.1, 0.15) is 52.4 Å². The molecule has 4 rings (SSSR count). The van der Waals surface area contributed by atoms with E-state index in [1.807, 2.05) is 6.92 Å². The molecule has 4 bridgehead atoms. The first-order valence-electron chi connectivity index (χ1n) is 8.03. The van der Waals surface area contributed by atoms with E-state index in [1.165, 1.54) is 19.3 Å². The van der Waals surface area contributed by atoms with Crippen LogP contribution in [0.25, 0.3) is 0 Å². The first-order valence-corrected chi connectivity index (χ1v) is 8.83. The minimum absolute atomic E-state index is 0.130. The molecule has 1 amide bonds. The molecule has 0 spiro atoms. The maximum Gasteiger partial charge on any atom is 0.312 e. The fourth-order valence-electron chi connectivity index (χ4n) is 5.05. The molecule has 1 N–H and O–H groups in total. The zero-order valence-corrected chi connectivity index (χ0v) is 14.4. The molecule has 4 aliphatic rings. The van der Waals surface area contributed by atoms with Gasteiger partial charge in [-0.2, -0.15) is 0 Å². The van der Waals surface area contributed by atoms with Crippen molar-refractivity contribution in [2.75, 3.05) is 6.54 Å². The second-order valence-electron chi connectivity index (χ2n) is 7.33. The first kappa shape index (κ1) is 15.3. The molecule has 0 heterocycles. The van der Waals surface area contributed by atoms with Gasteiger partial charge in [0.15, 0.2) is 6.10 Å². The van der Waals surface area contributed by atoms with Crippen molar-refractivity contribution in [1.82, 2.24) is 5.32 Å². The quantitative estimate of drug-likeness (QED) is 0.621. The Morgan fingerprint density at radius 3 is 2.43 bits per heavy atom. The summed E-state index contributed by atoms with van der Waals surface area (Å²) in [5.41, 5.74) is -0.353. The number of ether oxygens (including phenoxy) is 1. The molecule has 0 aromatic carbocycles. The lowest BCUT2D eigenvalue weighted by molar-refractivity contribution is -0.176. The monoisotopic (exact) mass is 357 g/mol. The van der Waals surface area contributed by atoms with Gasteiger partial charge in [-0.15, -0.1) is 0 Å². The van der Waals surface area contributed by atoms with Gasteiger partial charge in [0, 0.05) is 10.9 Å². The smallest absolute Gasteiger partial charge is 0.312 e. The number of halogens is 1. The van der Waals surface area contributed by atoms with Gasteiger partial charge in [-0.3, -0.25) is 9.59 Å². The standard InChI is InChI=1S/C16H24BrNO3/c1-3-18-13(19)10(2)21-14(20)15-5-11-4-12(6-15)8-16(17,7-11)9-15/h10-12H,3-9H2,1-2H3,(H,18,19)/t10-,11+,12+,15?,16?/m1/s1. The number of hydrogen-bond donors (Lipinski definition) is 1. The summed E-state index contributed by atoms with van der Waals surface area (Å²) in [7, 11) is 0. The molecule has 0 saturated heterocycles. The summed E-state index contributed by atoms with van der Waals surface area (Å²) in [6, 6.07) is 0. The molecule has 0 radical (unpaired) electrons. The Morgan fingerprint density at radius 2 is 1.90 bits per heavy atom. The SMILES string of the molecule is CCNC(=O)[C@@H](C)OC(=O)C12C[C@@H]3C[C@H](CC(Br)(C3)C1)C2. The predicted molar refractivity (Wildman–Crippen MR) is 83.0 cm³/mol. The highest BCUT2D eigenvalue weighted by Gasteiger charge is 2.60. The molecule has 0 aliphatic heterocycles. The molecule has 4 nitrogen and oxygen atoms in total. The summed E-state index contributed by atoms with van der Waals surface area (Å²) < 4.78 is 5.65. The summed E-state index contributed by atoms with van der Waals surface area (Å²) in [6.07, 6.45) is 5.68. The molecular weight excluding hydrogens is 334 g/mol. The van der Waals surface area contributed by atoms with Gasteiger partial charge in [-0.25, -0.2) is 0 Å². The van der Waals surface area contributed by atoms with Gasteiger partial charge >= 0.3 is 5.97 Å². The first-order chi connectivity index (χ1) is 9.86. The maximum atomic E-state index is 12.7. The van der Waals surface area contributed by atoms with E-state index < -0.39 is 6.10 Å². The van der Waals surface area contributed by atoms with Crippen LogP contribution >= 0.6 is 15.9 Å². The zero-order chi connectivity index (χ0) is 15.3. The zero-order valence-electron chi connectivity index (χ0n) is 12.8. The summed E-state index contributed by atoms with van der Waals surface area (Å²) in [5.74, 6) is 0.916. The molecule has 0 aromatic heterocycles. The number of rotatable bonds is 4. The van der Waals surface area contributed by atoms with E-state index in [0.717, 1.165) is 19.3 Å². The number of likely N-dealkylation sites (N-methyl/N-ethyl adjacent to an activating group) is 1. The molecule has 4 saturated carbocycles. The van der Waals surface area contributed by atoms with Gasteiger partial charge in [-0.05, 0) is 64.2 Å². The Kier molecular flexibility index (Phi) is 3.83. The van der Waals surface area contributed by atoms with Crippen molar-refractivity contribution in [1.29, 1.82) is 0 Å². The minimum atomic E-state index is -0.697. The summed E-state index contributed by atoms with van der Waals surface area (Å²) in [5, 5.41) is 2.71. The van der Waals surface area contributed by atoms with E-state index in [1.54, 1.807) is 6.92 Å². The predicted octanol–water partition coefficient (Wildman–Crippen LogP) is 2.79. The molecule has 0 unspecified atom stereocenters. The average molecular weight is 358 g/mol. The van der Waals surface area contributed by atoms with Gasteiger partial charge in [-0.1, -0.05) is 15.9 Å². The Hall–Kier alpha value is -0.580. The molecule has 4 fully saturated rings. The summed E-state index contributed by atoms with van der Waals surface area (Å²) >= 11 is 3.89. The molecule has 118 valence electrons. The van der Waals surface area contributed by atoms with E-state index in [9.17, 15) is 9.59 Å². The highest BCUT2D eigenvalue weighted by molar-refractivity contribution is 9.10. The van der Waals surface area contributed by atoms with E-state index in [2.05, 4.69) is 21.2 Å². The van der Waals surface area contributed by atoms with Crippen LogP contribution < -0.4 is 5.32 Å². The van der Waals surface area contributed by atoms with Gasteiger partial charge in [0.05, 0.1) is 5.41 Å². The van der Waals surface area contributed by atoms with E-state index in [4.69, 9.17) is 4.74 Å². The van der Waals surface area contributed by atoms with Crippen molar-refractivity contribution >= 4 is 27.8 Å². The minimum Gasteiger partial charge on any atom is -0.452 e. The van der Waals surface area contributed by atoms with Crippen molar-refractivity contribution in [2.24, 2.45) is 17.3 Å². The van der Waals surface area contributed by atoms with Crippen molar-refractivity contribution in [2.45, 2.75) is 62.8 Å². The number of nitrogens with one attached hydrogen (secondary N) is 1. The van der Waals surface area contributed by atoms with Gasteiger partial charge in [0.2, 0.25) is 0 Å². The highest BCUT2D eigenvalue weighted by Crippen LogP contribution is 2.64. The Labute approximate surface area is 134 Å². The lowest BCUT2D eigenvalue weighted by atomic mass is 9.49. The third-order valence-corrected chi connectivity index (χ3v) is 6.35. The van der Waals surface area contributed by atoms with Crippen molar-refractivity contribution in [3.05, 3.63) is 0 Å². The van der Waals surface area contributed by atoms with Crippen LogP contribution in [0, 0.1) is 17.3 Å². The molecule has 3 atom stereocenters. The number of carbonyl (C=O) groups excluding carboxylic acids is 2. The van der Waals surface area contributed by atoms with Crippen LogP contribution in [0.3, 0.4) is 0 Å². The molecule has 4 aliphatic carbocycles. The van der Waals surface area contributed by atoms with Crippen LogP contribution in [0.5, 0.6) is 0 Å². The molecule has 5 heteroatoms. The fraction of sp³-hybridized carbons (Fsp3) is 0.875. The van der Waals surface area contributed by atoms with Crippen LogP contribution in [0.2, 0.25) is 0 Å². The Balaban J connectivity index is 1.71. The Morgan fingerprint density at radius 1 is 1.29 bits per heavy atom. The second-order valence-corrected chi connectivity index (χ2v) is 9.02. The molecule has 0 aromatic rings. The van der Waals surface area contributed by atoms with E-state index >= 15 is 0 Å². The Bertz CT molecular complexity index is 450. The number of esters is 1. The number of hydrogen-bond acceptors (Lipinski definition) is 3. The van der Waals surface area contributed by atoms with E-state index in [-0.39, 0.29) is 21.6 Å². The van der Waals surface area contributed by atoms with Crippen molar-refractivity contribution in [3.63, 3.8) is 0 Å². The number of carbonyl (C=O) groups is 2. The largest absolute Gasteiger partial charge is 0.452 e. The van der Waals surface area contributed by atoms with Gasteiger partial charge in [0.25, 0.3) is 5.91 Å². The topological polar surface area (TPSA) is 55.4 Å². The average Bonchev–Trinajstić information content (AvgIpc) is 2.35. The third-order valence-electron chi connectivity index (χ3n) is 5.43. The lowest BCUT2D eigenvalue weighted by Crippen LogP contribution is -2.56. The van der Waals surface area contributed by atoms with Crippen molar-refractivity contribution in [3.8, 4) is 0 Å². The normalized spacial score (nSPS) is 41.7. The maximum absolute atomic E-state index is 12.7. The lowest BCUT2D eigenvalue weighted by Gasteiger charge is -2.58. The van der Waals surface area contributed by atoms with Crippen molar-refractivity contribution < 1.29 is 14.3 Å². The molecule has 21 heavy (non-hydrogen) atoms. The highest BCUT2D eigenvalue weighted by atomic mass is 79.9. The van der Waals surface area contributed by atoms with Gasteiger partial charge in [0.1, 0.15) is 0 Å². The number of amides is 1. The number of alkyl halides is 1. The van der Waals surface area contributed by atoms with Gasteiger partial charge < -0.3 is 10.1 Å². The second kappa shape index (κ2) is 5.25. The van der Waals surface area contributed by atoms with Crippen LogP contribution in [-0.2, 0) is 14.3 Å². The van der Waals surface area contributed by atoms with Crippen LogP contribution in [-0.4, -0.2) is 28.8 Å². The molecular formula is C16H24BrNO3. The summed E-state index contributed by atoms with van der Waals surface area (Å²) in [4.78, 5) is 24.5. The fourth-order valence-corrected chi connectivity index (χ4v) is 6.50.